The van der Waals surface area contributed by atoms with Gasteiger partial charge in [0.25, 0.3) is 16.0 Å². The van der Waals surface area contributed by atoms with Crippen molar-refractivity contribution in [3.63, 3.8) is 0 Å². The Morgan fingerprint density at radius 3 is 2.48 bits per heavy atom. The second kappa shape index (κ2) is 9.35. The molecule has 0 fully saturated rings. The molecule has 158 valence electrons. The number of carbonyl (C=O) groups is 2. The number of fused-ring (bicyclic) bond motifs is 1. The number of unbranched alkanes of at least 4 members (excludes halogenated alkanes) is 2. The third-order valence-corrected chi connectivity index (χ3v) is 5.24. The van der Waals surface area contributed by atoms with E-state index in [4.69, 9.17) is 21.1 Å². The Morgan fingerprint density at radius 2 is 1.86 bits per heavy atom. The number of phenols is 1. The number of ketones is 1. The summed E-state index contributed by atoms with van der Waals surface area (Å²) in [7, 11) is -4.82. The highest BCUT2D eigenvalue weighted by Gasteiger charge is 2.23. The normalized spacial score (nSPS) is 11.6. The first-order chi connectivity index (χ1) is 13.6. The van der Waals surface area contributed by atoms with Crippen LogP contribution in [0.4, 0.5) is 0 Å². The first kappa shape index (κ1) is 22.8. The van der Waals surface area contributed by atoms with Crippen LogP contribution in [-0.2, 0) is 14.9 Å². The molecule has 2 rings (SSSR count). The Morgan fingerprint density at radius 1 is 1.17 bits per heavy atom. The van der Waals surface area contributed by atoms with Gasteiger partial charge in [0.2, 0.25) is 0 Å². The number of aliphatic hydroxyl groups is 1. The van der Waals surface area contributed by atoms with Gasteiger partial charge in [-0.1, -0.05) is 18.0 Å². The summed E-state index contributed by atoms with van der Waals surface area (Å²) in [5.41, 5.74) is -1.81. The summed E-state index contributed by atoms with van der Waals surface area (Å²) < 4.78 is 36.8. The standard InChI is InChI=1S/C17H18ClNO9S/c18-13-14(22)12(29(25,26)27)7-9-6-11(17(24)28-15(9)13)16(23)19-5-3-1-2-4-10(21)8-20/h6-7,20,22H,1-5,8H2,(H,19,23)(H,25,26,27). The molecule has 0 atom stereocenters. The molecule has 0 unspecified atom stereocenters. The van der Waals surface area contributed by atoms with Crippen molar-refractivity contribution in [2.75, 3.05) is 13.2 Å². The van der Waals surface area contributed by atoms with Crippen LogP contribution in [0.5, 0.6) is 5.75 Å². The van der Waals surface area contributed by atoms with E-state index < -0.39 is 49.5 Å². The zero-order valence-electron chi connectivity index (χ0n) is 15.0. The van der Waals surface area contributed by atoms with Gasteiger partial charge < -0.3 is 19.9 Å². The maximum absolute atomic E-state index is 12.2. The van der Waals surface area contributed by atoms with Crippen LogP contribution in [0.1, 0.15) is 36.0 Å². The number of nitrogens with one attached hydrogen (secondary N) is 1. The average Bonchev–Trinajstić information content (AvgIpc) is 2.65. The molecular formula is C17H18ClNO9S. The molecule has 12 heteroatoms. The lowest BCUT2D eigenvalue weighted by Crippen LogP contribution is -2.29. The van der Waals surface area contributed by atoms with Gasteiger partial charge in [-0.2, -0.15) is 8.42 Å². The molecular weight excluding hydrogens is 430 g/mol. The van der Waals surface area contributed by atoms with Crippen LogP contribution in [0.3, 0.4) is 0 Å². The van der Waals surface area contributed by atoms with Gasteiger partial charge in [-0.05, 0) is 25.0 Å². The summed E-state index contributed by atoms with van der Waals surface area (Å²) in [5.74, 6) is -2.02. The van der Waals surface area contributed by atoms with Gasteiger partial charge >= 0.3 is 5.63 Å². The van der Waals surface area contributed by atoms with Crippen LogP contribution in [0.2, 0.25) is 5.02 Å². The van der Waals surface area contributed by atoms with E-state index in [1.165, 1.54) is 0 Å². The number of aromatic hydroxyl groups is 1. The summed E-state index contributed by atoms with van der Waals surface area (Å²) in [6, 6.07) is 1.86. The fourth-order valence-corrected chi connectivity index (χ4v) is 3.47. The number of amides is 1. The Kier molecular flexibility index (Phi) is 7.36. The molecule has 0 spiro atoms. The fraction of sp³-hybridized carbons (Fsp3) is 0.353. The first-order valence-corrected chi connectivity index (χ1v) is 10.3. The Balaban J connectivity index is 2.18. The zero-order chi connectivity index (χ0) is 21.8. The molecule has 0 bridgehead atoms. The number of aliphatic hydroxyl groups excluding tert-OH is 1. The minimum Gasteiger partial charge on any atom is -0.505 e. The van der Waals surface area contributed by atoms with E-state index in [-0.39, 0.29) is 29.7 Å². The van der Waals surface area contributed by atoms with E-state index in [1.807, 2.05) is 0 Å². The van der Waals surface area contributed by atoms with Gasteiger partial charge in [0.05, 0.1) is 0 Å². The molecule has 1 heterocycles. The average molecular weight is 448 g/mol. The first-order valence-electron chi connectivity index (χ1n) is 8.43. The highest BCUT2D eigenvalue weighted by atomic mass is 35.5. The van der Waals surface area contributed by atoms with Crippen LogP contribution in [0.15, 0.2) is 26.2 Å². The number of hydrogen-bond donors (Lipinski definition) is 4. The number of halogens is 1. The van der Waals surface area contributed by atoms with Crippen molar-refractivity contribution in [1.29, 1.82) is 0 Å². The summed E-state index contributed by atoms with van der Waals surface area (Å²) in [6.07, 6.45) is 1.93. The van der Waals surface area contributed by atoms with Gasteiger partial charge in [-0.3, -0.25) is 14.1 Å². The van der Waals surface area contributed by atoms with E-state index >= 15 is 0 Å². The molecule has 4 N–H and O–H groups in total. The predicted molar refractivity (Wildman–Crippen MR) is 102 cm³/mol. The molecule has 1 aromatic carbocycles. The van der Waals surface area contributed by atoms with Crippen LogP contribution in [0.25, 0.3) is 11.0 Å². The number of carbonyl (C=O) groups excluding carboxylic acids is 2. The predicted octanol–water partition coefficient (Wildman–Crippen LogP) is 1.25. The minimum atomic E-state index is -4.82. The number of rotatable bonds is 9. The van der Waals surface area contributed by atoms with Crippen molar-refractivity contribution >= 4 is 44.4 Å². The second-order valence-electron chi connectivity index (χ2n) is 6.14. The third-order valence-electron chi connectivity index (χ3n) is 4.02. The molecule has 1 amide bonds. The Labute approximate surface area is 169 Å². The number of hydrogen-bond acceptors (Lipinski definition) is 8. The lowest BCUT2D eigenvalue weighted by atomic mass is 10.1. The Bertz CT molecular complexity index is 1110. The number of Topliss-reactive ketones (excluding diaryl/α,β-unsaturated/α-hetero) is 1. The lowest BCUT2D eigenvalue weighted by Gasteiger charge is -2.08. The van der Waals surface area contributed by atoms with Crippen LogP contribution >= 0.6 is 11.6 Å². The van der Waals surface area contributed by atoms with Crippen LogP contribution in [0, 0.1) is 0 Å². The summed E-state index contributed by atoms with van der Waals surface area (Å²) >= 11 is 5.81. The van der Waals surface area contributed by atoms with Gasteiger partial charge in [0, 0.05) is 18.4 Å². The highest BCUT2D eigenvalue weighted by molar-refractivity contribution is 7.86. The van der Waals surface area contributed by atoms with Crippen molar-refractivity contribution in [3.05, 3.63) is 33.1 Å². The van der Waals surface area contributed by atoms with E-state index in [0.717, 1.165) is 12.1 Å². The summed E-state index contributed by atoms with van der Waals surface area (Å²) in [6.45, 7) is -0.300. The second-order valence-corrected chi connectivity index (χ2v) is 7.91. The summed E-state index contributed by atoms with van der Waals surface area (Å²) in [5, 5.41) is 20.2. The van der Waals surface area contributed by atoms with Crippen molar-refractivity contribution in [3.8, 4) is 5.75 Å². The van der Waals surface area contributed by atoms with E-state index in [1.54, 1.807) is 0 Å². The van der Waals surface area contributed by atoms with Crippen molar-refractivity contribution in [1.82, 2.24) is 5.32 Å². The SMILES string of the molecule is O=C(CO)CCCCCNC(=O)c1cc2cc(S(=O)(=O)O)c(O)c(Cl)c2oc1=O. The van der Waals surface area contributed by atoms with E-state index in [9.17, 15) is 32.5 Å². The largest absolute Gasteiger partial charge is 0.505 e. The molecule has 0 aliphatic heterocycles. The molecule has 0 radical (unpaired) electrons. The van der Waals surface area contributed by atoms with Crippen molar-refractivity contribution in [2.24, 2.45) is 0 Å². The van der Waals surface area contributed by atoms with Gasteiger partial charge in [-0.15, -0.1) is 0 Å². The number of benzene rings is 1. The lowest BCUT2D eigenvalue weighted by molar-refractivity contribution is -0.121. The topological polar surface area (TPSA) is 171 Å². The smallest absolute Gasteiger partial charge is 0.349 e. The minimum absolute atomic E-state index is 0.0901. The van der Waals surface area contributed by atoms with Crippen LogP contribution < -0.4 is 10.9 Å². The van der Waals surface area contributed by atoms with Gasteiger partial charge in [-0.25, -0.2) is 4.79 Å². The summed E-state index contributed by atoms with van der Waals surface area (Å²) in [4.78, 5) is 34.4. The van der Waals surface area contributed by atoms with Crippen LogP contribution in [-0.4, -0.2) is 48.0 Å². The maximum atomic E-state index is 12.2. The van der Waals surface area contributed by atoms with Crippen molar-refractivity contribution in [2.45, 2.75) is 30.6 Å². The van der Waals surface area contributed by atoms with Crippen molar-refractivity contribution < 1.29 is 37.2 Å². The maximum Gasteiger partial charge on any atom is 0.349 e. The molecule has 0 aliphatic rings. The molecule has 29 heavy (non-hydrogen) atoms. The zero-order valence-corrected chi connectivity index (χ0v) is 16.5. The van der Waals surface area contributed by atoms with Gasteiger partial charge in [0.15, 0.2) is 17.1 Å². The van der Waals surface area contributed by atoms with E-state index in [0.29, 0.717) is 19.3 Å². The monoisotopic (exact) mass is 447 g/mol. The molecule has 10 nitrogen and oxygen atoms in total. The molecule has 0 aliphatic carbocycles. The fourth-order valence-electron chi connectivity index (χ4n) is 2.55. The molecule has 0 saturated carbocycles. The van der Waals surface area contributed by atoms with E-state index in [2.05, 4.69) is 5.32 Å². The molecule has 0 saturated heterocycles. The molecule has 2 aromatic rings. The quantitative estimate of drug-likeness (QED) is 0.251. The third kappa shape index (κ3) is 5.54. The number of phenolic OH excluding ortho intramolecular Hbond substituents is 1. The van der Waals surface area contributed by atoms with Gasteiger partial charge in [0.1, 0.15) is 22.1 Å². The Hall–Kier alpha value is -2.47. The molecule has 1 aromatic heterocycles. The highest BCUT2D eigenvalue weighted by Crippen LogP contribution is 2.37.